The molecule has 0 saturated carbocycles. The van der Waals surface area contributed by atoms with Gasteiger partial charge >= 0.3 is 0 Å². The van der Waals surface area contributed by atoms with E-state index in [9.17, 15) is 8.78 Å². The van der Waals surface area contributed by atoms with E-state index in [1.54, 1.807) is 13.8 Å². The van der Waals surface area contributed by atoms with Crippen molar-refractivity contribution in [3.05, 3.63) is 41.0 Å². The topological polar surface area (TPSA) is 74.2 Å². The Balaban J connectivity index is 2.11. The third kappa shape index (κ3) is 3.51. The monoisotopic (exact) mass is 283 g/mol. The molecule has 0 spiro atoms. The summed E-state index contributed by atoms with van der Waals surface area (Å²) < 4.78 is 37.4. The molecule has 1 unspecified atom stereocenters. The van der Waals surface area contributed by atoms with Crippen LogP contribution in [0.5, 0.6) is 5.75 Å². The van der Waals surface area contributed by atoms with E-state index < -0.39 is 17.4 Å². The Morgan fingerprint density at radius 2 is 2.00 bits per heavy atom. The number of rotatable bonds is 5. The van der Waals surface area contributed by atoms with E-state index >= 15 is 0 Å². The van der Waals surface area contributed by atoms with E-state index in [1.165, 1.54) is 12.1 Å². The van der Waals surface area contributed by atoms with Gasteiger partial charge in [-0.1, -0.05) is 5.16 Å². The van der Waals surface area contributed by atoms with E-state index in [4.69, 9.17) is 15.0 Å². The molecule has 7 heteroatoms. The quantitative estimate of drug-likeness (QED) is 0.909. The minimum atomic E-state index is -0.781. The van der Waals surface area contributed by atoms with E-state index in [-0.39, 0.29) is 18.5 Å². The zero-order valence-corrected chi connectivity index (χ0v) is 11.2. The molecule has 20 heavy (non-hydrogen) atoms. The number of nitrogens with two attached hydrogens (primary N) is 1. The van der Waals surface area contributed by atoms with Crippen molar-refractivity contribution >= 4 is 0 Å². The molecule has 0 aliphatic rings. The van der Waals surface area contributed by atoms with Gasteiger partial charge < -0.3 is 15.0 Å². The number of aromatic nitrogens is 2. The summed E-state index contributed by atoms with van der Waals surface area (Å²) in [6, 6.07) is 2.24. The maximum absolute atomic E-state index is 13.8. The Morgan fingerprint density at radius 3 is 2.50 bits per heavy atom. The van der Waals surface area contributed by atoms with Crippen LogP contribution in [0.3, 0.4) is 0 Å². The summed E-state index contributed by atoms with van der Waals surface area (Å²) in [6.07, 6.45) is 0.386. The zero-order chi connectivity index (χ0) is 14.7. The highest BCUT2D eigenvalue weighted by Gasteiger charge is 2.15. The van der Waals surface area contributed by atoms with Crippen LogP contribution in [0.25, 0.3) is 0 Å². The van der Waals surface area contributed by atoms with Crippen LogP contribution in [0, 0.1) is 18.6 Å². The largest absolute Gasteiger partial charge is 0.478 e. The average molecular weight is 283 g/mol. The molecule has 108 valence electrons. The van der Waals surface area contributed by atoms with Gasteiger partial charge in [0.25, 0.3) is 5.89 Å². The van der Waals surface area contributed by atoms with Gasteiger partial charge in [-0.05, 0) is 38.0 Å². The SMILES string of the molecule is Cc1noc(COc2c(F)cc(CC(C)N)cc2F)n1. The predicted octanol–water partition coefficient (Wildman–Crippen LogP) is 2.12. The molecular formula is C13H15F2N3O2. The predicted molar refractivity (Wildman–Crippen MR) is 67.1 cm³/mol. The fraction of sp³-hybridized carbons (Fsp3) is 0.385. The molecule has 0 radical (unpaired) electrons. The molecule has 0 saturated heterocycles. The van der Waals surface area contributed by atoms with Crippen LogP contribution in [-0.4, -0.2) is 16.2 Å². The van der Waals surface area contributed by atoms with Crippen molar-refractivity contribution in [2.24, 2.45) is 5.73 Å². The lowest BCUT2D eigenvalue weighted by molar-refractivity contribution is 0.224. The van der Waals surface area contributed by atoms with Gasteiger partial charge in [-0.2, -0.15) is 4.98 Å². The van der Waals surface area contributed by atoms with Crippen LogP contribution < -0.4 is 10.5 Å². The van der Waals surface area contributed by atoms with E-state index in [0.29, 0.717) is 17.8 Å². The Labute approximate surface area is 114 Å². The third-order valence-corrected chi connectivity index (χ3v) is 2.53. The minimum absolute atomic E-state index is 0.154. The molecular weight excluding hydrogens is 268 g/mol. The summed E-state index contributed by atoms with van der Waals surface area (Å²) >= 11 is 0. The van der Waals surface area contributed by atoms with Crippen LogP contribution in [-0.2, 0) is 13.0 Å². The number of ether oxygens (including phenoxy) is 1. The van der Waals surface area contributed by atoms with Crippen molar-refractivity contribution in [2.75, 3.05) is 0 Å². The van der Waals surface area contributed by atoms with Crippen molar-refractivity contribution < 1.29 is 18.0 Å². The lowest BCUT2D eigenvalue weighted by Gasteiger charge is -2.10. The number of halogens is 2. The molecule has 5 nitrogen and oxygen atoms in total. The maximum Gasteiger partial charge on any atom is 0.264 e. The van der Waals surface area contributed by atoms with Crippen molar-refractivity contribution in [1.82, 2.24) is 10.1 Å². The van der Waals surface area contributed by atoms with Crippen LogP contribution in [0.1, 0.15) is 24.2 Å². The first kappa shape index (κ1) is 14.4. The van der Waals surface area contributed by atoms with Crippen molar-refractivity contribution in [2.45, 2.75) is 32.9 Å². The van der Waals surface area contributed by atoms with Gasteiger partial charge in [0, 0.05) is 6.04 Å². The normalized spacial score (nSPS) is 12.4. The first-order chi connectivity index (χ1) is 9.45. The lowest BCUT2D eigenvalue weighted by Crippen LogP contribution is -2.18. The highest BCUT2D eigenvalue weighted by molar-refractivity contribution is 5.31. The number of nitrogens with zero attached hydrogens (tertiary/aromatic N) is 2. The Morgan fingerprint density at radius 1 is 1.35 bits per heavy atom. The summed E-state index contributed by atoms with van der Waals surface area (Å²) in [4.78, 5) is 3.88. The molecule has 2 rings (SSSR count). The number of hydrogen-bond acceptors (Lipinski definition) is 5. The minimum Gasteiger partial charge on any atom is -0.478 e. The molecule has 2 N–H and O–H groups in total. The van der Waals surface area contributed by atoms with Gasteiger partial charge in [0.05, 0.1) is 0 Å². The second-order valence-corrected chi connectivity index (χ2v) is 4.59. The second kappa shape index (κ2) is 5.96. The summed E-state index contributed by atoms with van der Waals surface area (Å²) in [5.74, 6) is -1.44. The fourth-order valence-corrected chi connectivity index (χ4v) is 1.77. The standard InChI is InChI=1S/C13H15F2N3O2/c1-7(16)3-9-4-10(14)13(11(15)5-9)19-6-12-17-8(2)18-20-12/h4-5,7H,3,6,16H2,1-2H3. The first-order valence-corrected chi connectivity index (χ1v) is 6.11. The molecule has 0 fully saturated rings. The Hall–Kier alpha value is -2.02. The second-order valence-electron chi connectivity index (χ2n) is 4.59. The number of benzene rings is 1. The van der Waals surface area contributed by atoms with Gasteiger partial charge in [-0.15, -0.1) is 0 Å². The van der Waals surface area contributed by atoms with Crippen LogP contribution in [0.15, 0.2) is 16.7 Å². The zero-order valence-electron chi connectivity index (χ0n) is 11.2. The van der Waals surface area contributed by atoms with E-state index in [1.807, 2.05) is 0 Å². The average Bonchev–Trinajstić information content (AvgIpc) is 2.73. The van der Waals surface area contributed by atoms with Gasteiger partial charge in [-0.3, -0.25) is 0 Å². The van der Waals surface area contributed by atoms with Crippen LogP contribution in [0.4, 0.5) is 8.78 Å². The van der Waals surface area contributed by atoms with Crippen molar-refractivity contribution in [1.29, 1.82) is 0 Å². The van der Waals surface area contributed by atoms with Crippen LogP contribution >= 0.6 is 0 Å². The van der Waals surface area contributed by atoms with Gasteiger partial charge in [-0.25, -0.2) is 8.78 Å². The molecule has 1 heterocycles. The Bertz CT molecular complexity index is 576. The van der Waals surface area contributed by atoms with Gasteiger partial charge in [0.15, 0.2) is 29.8 Å². The Kier molecular flexibility index (Phi) is 4.29. The molecule has 1 aromatic heterocycles. The van der Waals surface area contributed by atoms with E-state index in [2.05, 4.69) is 10.1 Å². The molecule has 0 bridgehead atoms. The molecule has 2 aromatic rings. The van der Waals surface area contributed by atoms with Crippen molar-refractivity contribution in [3.63, 3.8) is 0 Å². The highest BCUT2D eigenvalue weighted by atomic mass is 19.1. The lowest BCUT2D eigenvalue weighted by atomic mass is 10.1. The molecule has 0 amide bonds. The van der Waals surface area contributed by atoms with Gasteiger partial charge in [0.1, 0.15) is 0 Å². The number of aryl methyl sites for hydroxylation is 1. The fourth-order valence-electron chi connectivity index (χ4n) is 1.77. The van der Waals surface area contributed by atoms with E-state index in [0.717, 1.165) is 0 Å². The number of hydrogen-bond donors (Lipinski definition) is 1. The van der Waals surface area contributed by atoms with Crippen molar-refractivity contribution in [3.8, 4) is 5.75 Å². The molecule has 0 aliphatic carbocycles. The first-order valence-electron chi connectivity index (χ1n) is 6.11. The van der Waals surface area contributed by atoms with Crippen LogP contribution in [0.2, 0.25) is 0 Å². The summed E-state index contributed by atoms with van der Waals surface area (Å²) in [6.45, 7) is 3.20. The summed E-state index contributed by atoms with van der Waals surface area (Å²) in [7, 11) is 0. The molecule has 1 aromatic carbocycles. The molecule has 1 atom stereocenters. The third-order valence-electron chi connectivity index (χ3n) is 2.53. The highest BCUT2D eigenvalue weighted by Crippen LogP contribution is 2.24. The molecule has 0 aliphatic heterocycles. The smallest absolute Gasteiger partial charge is 0.264 e. The maximum atomic E-state index is 13.8. The summed E-state index contributed by atoms with van der Waals surface area (Å²) in [5.41, 5.74) is 6.08. The van der Waals surface area contributed by atoms with Gasteiger partial charge in [0.2, 0.25) is 0 Å². The summed E-state index contributed by atoms with van der Waals surface area (Å²) in [5, 5.41) is 3.55.